The van der Waals surface area contributed by atoms with Crippen LogP contribution < -0.4 is 9.64 Å². The van der Waals surface area contributed by atoms with Crippen LogP contribution >= 0.6 is 0 Å². The summed E-state index contributed by atoms with van der Waals surface area (Å²) >= 11 is 0. The largest absolute Gasteiger partial charge is 0.481 e. The molecule has 2 heterocycles. The molecule has 2 aliphatic heterocycles. The van der Waals surface area contributed by atoms with Gasteiger partial charge in [-0.2, -0.15) is 0 Å². The number of para-hydroxylation sites is 1. The number of nitrogens with zero attached hydrogens (tertiary/aromatic N) is 2. The van der Waals surface area contributed by atoms with Crippen molar-refractivity contribution in [3.63, 3.8) is 0 Å². The van der Waals surface area contributed by atoms with Crippen molar-refractivity contribution < 1.29 is 19.1 Å². The van der Waals surface area contributed by atoms with Gasteiger partial charge < -0.3 is 19.3 Å². The van der Waals surface area contributed by atoms with Gasteiger partial charge in [0.05, 0.1) is 5.69 Å². The number of hydrogen-bond acceptors (Lipinski definition) is 4. The van der Waals surface area contributed by atoms with Crippen LogP contribution in [0.3, 0.4) is 0 Å². The molecule has 3 rings (SSSR count). The van der Waals surface area contributed by atoms with Crippen LogP contribution in [0, 0.1) is 5.92 Å². The topological polar surface area (TPSA) is 59.1 Å². The maximum Gasteiger partial charge on any atom is 0.410 e. The fraction of sp³-hybridized carbons (Fsp3) is 0.600. The minimum absolute atomic E-state index is 0.0275. The van der Waals surface area contributed by atoms with Crippen LogP contribution in [0.25, 0.3) is 0 Å². The van der Waals surface area contributed by atoms with Gasteiger partial charge >= 0.3 is 6.09 Å². The summed E-state index contributed by atoms with van der Waals surface area (Å²) in [6.07, 6.45) is 2.56. The molecule has 0 spiro atoms. The van der Waals surface area contributed by atoms with Crippen LogP contribution in [0.15, 0.2) is 18.2 Å². The van der Waals surface area contributed by atoms with E-state index < -0.39 is 5.60 Å². The Hall–Kier alpha value is -2.24. The highest BCUT2D eigenvalue weighted by Gasteiger charge is 2.29. The molecule has 0 saturated carbocycles. The van der Waals surface area contributed by atoms with Gasteiger partial charge in [0, 0.05) is 20.1 Å². The monoisotopic (exact) mass is 360 g/mol. The Morgan fingerprint density at radius 2 is 1.96 bits per heavy atom. The third kappa shape index (κ3) is 4.11. The van der Waals surface area contributed by atoms with Crippen LogP contribution in [-0.2, 0) is 16.0 Å². The molecule has 0 bridgehead atoms. The average Bonchev–Trinajstić information content (AvgIpc) is 2.58. The first-order valence-corrected chi connectivity index (χ1v) is 9.24. The molecular formula is C20H28N2O4. The number of benzene rings is 1. The molecule has 6 heteroatoms. The summed E-state index contributed by atoms with van der Waals surface area (Å²) in [6.45, 7) is 7.19. The normalized spacial score (nSPS) is 18.4. The van der Waals surface area contributed by atoms with E-state index in [1.807, 2.05) is 32.9 Å². The van der Waals surface area contributed by atoms with Gasteiger partial charge in [-0.05, 0) is 57.6 Å². The highest BCUT2D eigenvalue weighted by atomic mass is 16.6. The quantitative estimate of drug-likeness (QED) is 0.812. The Morgan fingerprint density at radius 1 is 1.27 bits per heavy atom. The molecule has 6 nitrogen and oxygen atoms in total. The minimum atomic E-state index is -0.460. The predicted octanol–water partition coefficient (Wildman–Crippen LogP) is 3.23. The Labute approximate surface area is 155 Å². The van der Waals surface area contributed by atoms with Crippen molar-refractivity contribution in [1.82, 2.24) is 4.90 Å². The minimum Gasteiger partial charge on any atom is -0.481 e. The number of amides is 2. The zero-order valence-corrected chi connectivity index (χ0v) is 16.1. The standard InChI is InChI=1S/C20H28N2O4/c1-20(2,3)26-19(24)22-10-8-14(9-11-22)12-15-6-5-7-16-18(15)25-13-17(23)21(16)4/h5-7,14H,8-13H2,1-4H3. The van der Waals surface area contributed by atoms with Crippen molar-refractivity contribution in [1.29, 1.82) is 0 Å². The van der Waals surface area contributed by atoms with Crippen molar-refractivity contribution in [2.24, 2.45) is 5.92 Å². The molecule has 142 valence electrons. The zero-order valence-electron chi connectivity index (χ0n) is 16.1. The maximum atomic E-state index is 12.2. The Morgan fingerprint density at radius 3 is 2.62 bits per heavy atom. The third-order valence-electron chi connectivity index (χ3n) is 4.93. The van der Waals surface area contributed by atoms with Crippen LogP contribution in [0.2, 0.25) is 0 Å². The second-order valence-electron chi connectivity index (χ2n) is 8.12. The Bertz CT molecular complexity index is 688. The molecule has 0 atom stereocenters. The lowest BCUT2D eigenvalue weighted by molar-refractivity contribution is -0.121. The molecule has 0 radical (unpaired) electrons. The number of carbonyl (C=O) groups excluding carboxylic acids is 2. The SMILES string of the molecule is CN1C(=O)COc2c(CC3CCN(C(=O)OC(C)(C)C)CC3)cccc21. The van der Waals surface area contributed by atoms with Gasteiger partial charge in [0.25, 0.3) is 5.91 Å². The van der Waals surface area contributed by atoms with E-state index in [0.29, 0.717) is 19.0 Å². The number of ether oxygens (including phenoxy) is 2. The summed E-state index contributed by atoms with van der Waals surface area (Å²) in [5, 5.41) is 0. The summed E-state index contributed by atoms with van der Waals surface area (Å²) in [4.78, 5) is 27.4. The molecule has 0 unspecified atom stereocenters. The average molecular weight is 360 g/mol. The van der Waals surface area contributed by atoms with Crippen molar-refractivity contribution in [3.05, 3.63) is 23.8 Å². The molecule has 0 N–H and O–H groups in total. The summed E-state index contributed by atoms with van der Waals surface area (Å²) in [5.74, 6) is 1.29. The predicted molar refractivity (Wildman–Crippen MR) is 99.6 cm³/mol. The van der Waals surface area contributed by atoms with Gasteiger partial charge in [-0.3, -0.25) is 4.79 Å². The molecule has 1 fully saturated rings. The fourth-order valence-electron chi connectivity index (χ4n) is 3.49. The zero-order chi connectivity index (χ0) is 18.9. The lowest BCUT2D eigenvalue weighted by Gasteiger charge is -2.34. The molecule has 0 aromatic heterocycles. The highest BCUT2D eigenvalue weighted by molar-refractivity contribution is 5.97. The lowest BCUT2D eigenvalue weighted by Crippen LogP contribution is -2.42. The number of likely N-dealkylation sites (tertiary alicyclic amines) is 1. The van der Waals surface area contributed by atoms with Crippen molar-refractivity contribution >= 4 is 17.7 Å². The van der Waals surface area contributed by atoms with E-state index in [1.54, 1.807) is 16.8 Å². The molecule has 1 saturated heterocycles. The molecule has 1 aromatic rings. The summed E-state index contributed by atoms with van der Waals surface area (Å²) in [6, 6.07) is 5.96. The highest BCUT2D eigenvalue weighted by Crippen LogP contribution is 2.37. The first-order chi connectivity index (χ1) is 12.2. The van der Waals surface area contributed by atoms with Gasteiger partial charge in [0.15, 0.2) is 6.61 Å². The number of piperidine rings is 1. The number of fused-ring (bicyclic) bond motifs is 1. The molecule has 26 heavy (non-hydrogen) atoms. The molecule has 2 aliphatic rings. The van der Waals surface area contributed by atoms with Crippen molar-refractivity contribution in [2.75, 3.05) is 31.6 Å². The number of likely N-dealkylation sites (N-methyl/N-ethyl adjacent to an activating group) is 1. The van der Waals surface area contributed by atoms with Gasteiger partial charge in [-0.15, -0.1) is 0 Å². The molecule has 2 amide bonds. The van der Waals surface area contributed by atoms with Gasteiger partial charge in [-0.25, -0.2) is 4.79 Å². The third-order valence-corrected chi connectivity index (χ3v) is 4.93. The Balaban J connectivity index is 1.61. The number of hydrogen-bond donors (Lipinski definition) is 0. The fourth-order valence-corrected chi connectivity index (χ4v) is 3.49. The molecule has 1 aromatic carbocycles. The summed E-state index contributed by atoms with van der Waals surface area (Å²) in [7, 11) is 1.78. The second kappa shape index (κ2) is 7.17. The first kappa shape index (κ1) is 18.5. The van der Waals surface area contributed by atoms with E-state index in [2.05, 4.69) is 6.07 Å². The Kier molecular flexibility index (Phi) is 5.12. The molecular weight excluding hydrogens is 332 g/mol. The number of rotatable bonds is 2. The van der Waals surface area contributed by atoms with E-state index in [4.69, 9.17) is 9.47 Å². The van der Waals surface area contributed by atoms with Crippen LogP contribution in [0.4, 0.5) is 10.5 Å². The van der Waals surface area contributed by atoms with Crippen LogP contribution in [-0.4, -0.2) is 49.2 Å². The van der Waals surface area contributed by atoms with E-state index in [9.17, 15) is 9.59 Å². The van der Waals surface area contributed by atoms with Gasteiger partial charge in [-0.1, -0.05) is 12.1 Å². The van der Waals surface area contributed by atoms with E-state index in [0.717, 1.165) is 36.3 Å². The van der Waals surface area contributed by atoms with Crippen molar-refractivity contribution in [2.45, 2.75) is 45.6 Å². The number of carbonyl (C=O) groups is 2. The number of anilines is 1. The van der Waals surface area contributed by atoms with Crippen LogP contribution in [0.1, 0.15) is 39.2 Å². The molecule has 0 aliphatic carbocycles. The maximum absolute atomic E-state index is 12.2. The van der Waals surface area contributed by atoms with E-state index >= 15 is 0 Å². The van der Waals surface area contributed by atoms with Crippen molar-refractivity contribution in [3.8, 4) is 5.75 Å². The first-order valence-electron chi connectivity index (χ1n) is 9.24. The van der Waals surface area contributed by atoms with E-state index in [1.165, 1.54) is 0 Å². The summed E-state index contributed by atoms with van der Waals surface area (Å²) in [5.41, 5.74) is 1.51. The smallest absolute Gasteiger partial charge is 0.410 e. The van der Waals surface area contributed by atoms with Gasteiger partial charge in [0.2, 0.25) is 0 Å². The second-order valence-corrected chi connectivity index (χ2v) is 8.12. The summed E-state index contributed by atoms with van der Waals surface area (Å²) < 4.78 is 11.2. The van der Waals surface area contributed by atoms with E-state index in [-0.39, 0.29) is 18.6 Å². The van der Waals surface area contributed by atoms with Gasteiger partial charge in [0.1, 0.15) is 11.4 Å². The lowest BCUT2D eigenvalue weighted by atomic mass is 9.89. The van der Waals surface area contributed by atoms with Crippen LogP contribution in [0.5, 0.6) is 5.75 Å².